The molecule has 0 bridgehead atoms. The van der Waals surface area contributed by atoms with Crippen LogP contribution in [-0.4, -0.2) is 35.1 Å². The van der Waals surface area contributed by atoms with Crippen molar-refractivity contribution < 1.29 is 0 Å². The molecule has 1 aromatic rings. The largest absolute Gasteiger partial charge is 0.312 e. The lowest BCUT2D eigenvalue weighted by Gasteiger charge is -2.29. The van der Waals surface area contributed by atoms with Gasteiger partial charge in [-0.15, -0.1) is 0 Å². The van der Waals surface area contributed by atoms with Crippen molar-refractivity contribution >= 4 is 23.2 Å². The van der Waals surface area contributed by atoms with E-state index in [0.717, 1.165) is 25.2 Å². The Morgan fingerprint density at radius 2 is 2.16 bits per heavy atom. The van der Waals surface area contributed by atoms with Crippen molar-refractivity contribution in [2.75, 3.05) is 13.1 Å². The predicted molar refractivity (Wildman–Crippen MR) is 78.7 cm³/mol. The number of pyridine rings is 1. The first-order chi connectivity index (χ1) is 9.24. The maximum atomic E-state index is 6.18. The standard InChI is InChI=1S/C14H19Cl2N3/c15-13-6-5-10(14(16)18-13)9-19-8-2-4-12(19)11-3-1-7-17-11/h5-6,11-12,17H,1-4,7-9H2. The number of nitrogens with zero attached hydrogens (tertiary/aromatic N) is 2. The summed E-state index contributed by atoms with van der Waals surface area (Å²) in [5.41, 5.74) is 1.08. The molecule has 104 valence electrons. The second-order valence-electron chi connectivity index (χ2n) is 5.47. The van der Waals surface area contributed by atoms with Gasteiger partial charge in [0.25, 0.3) is 0 Å². The number of likely N-dealkylation sites (tertiary alicyclic amines) is 1. The maximum absolute atomic E-state index is 6.18. The molecule has 2 aliphatic heterocycles. The molecule has 2 fully saturated rings. The highest BCUT2D eigenvalue weighted by Gasteiger charge is 2.33. The third-order valence-electron chi connectivity index (χ3n) is 4.24. The van der Waals surface area contributed by atoms with Gasteiger partial charge in [0, 0.05) is 24.2 Å². The molecule has 2 unspecified atom stereocenters. The number of halogens is 2. The first-order valence-corrected chi connectivity index (χ1v) is 7.78. The Labute approximate surface area is 124 Å². The van der Waals surface area contributed by atoms with Gasteiger partial charge in [-0.1, -0.05) is 29.3 Å². The number of nitrogens with one attached hydrogen (secondary N) is 1. The molecule has 0 spiro atoms. The minimum absolute atomic E-state index is 0.462. The highest BCUT2D eigenvalue weighted by Crippen LogP contribution is 2.28. The molecular weight excluding hydrogens is 281 g/mol. The number of aromatic nitrogens is 1. The summed E-state index contributed by atoms with van der Waals surface area (Å²) in [4.78, 5) is 6.67. The van der Waals surface area contributed by atoms with Gasteiger partial charge in [0.15, 0.2) is 0 Å². The molecule has 0 aliphatic carbocycles. The molecule has 2 saturated heterocycles. The van der Waals surface area contributed by atoms with Gasteiger partial charge in [-0.3, -0.25) is 4.90 Å². The van der Waals surface area contributed by atoms with Crippen LogP contribution in [-0.2, 0) is 6.54 Å². The van der Waals surface area contributed by atoms with Crippen LogP contribution in [0, 0.1) is 0 Å². The van der Waals surface area contributed by atoms with E-state index in [2.05, 4.69) is 15.2 Å². The fourth-order valence-corrected chi connectivity index (χ4v) is 3.73. The van der Waals surface area contributed by atoms with E-state index in [1.54, 1.807) is 0 Å². The molecule has 3 heterocycles. The third kappa shape index (κ3) is 3.05. The molecule has 3 nitrogen and oxygen atoms in total. The first-order valence-electron chi connectivity index (χ1n) is 7.02. The normalized spacial score (nSPS) is 28.1. The molecule has 3 rings (SSSR count). The summed E-state index contributed by atoms with van der Waals surface area (Å²) in [5.74, 6) is 0. The highest BCUT2D eigenvalue weighted by molar-refractivity contribution is 6.32. The summed E-state index contributed by atoms with van der Waals surface area (Å²) in [5, 5.41) is 4.63. The average Bonchev–Trinajstić information content (AvgIpc) is 3.03. The number of rotatable bonds is 3. The summed E-state index contributed by atoms with van der Waals surface area (Å²) in [6, 6.07) is 5.12. The van der Waals surface area contributed by atoms with E-state index in [0.29, 0.717) is 22.4 Å². The van der Waals surface area contributed by atoms with Crippen molar-refractivity contribution in [3.05, 3.63) is 28.0 Å². The Hall–Kier alpha value is -0.350. The second kappa shape index (κ2) is 5.96. The molecule has 0 aromatic carbocycles. The smallest absolute Gasteiger partial charge is 0.135 e. The lowest BCUT2D eigenvalue weighted by Crippen LogP contribution is -2.43. The molecule has 1 aromatic heterocycles. The van der Waals surface area contributed by atoms with Crippen LogP contribution in [0.2, 0.25) is 10.3 Å². The minimum atomic E-state index is 0.462. The van der Waals surface area contributed by atoms with Gasteiger partial charge >= 0.3 is 0 Å². The van der Waals surface area contributed by atoms with Gasteiger partial charge in [0.05, 0.1) is 0 Å². The van der Waals surface area contributed by atoms with E-state index >= 15 is 0 Å². The van der Waals surface area contributed by atoms with E-state index < -0.39 is 0 Å². The lowest BCUT2D eigenvalue weighted by molar-refractivity contribution is 0.206. The Balaban J connectivity index is 1.70. The molecule has 2 aliphatic rings. The van der Waals surface area contributed by atoms with Gasteiger partial charge < -0.3 is 5.32 Å². The quantitative estimate of drug-likeness (QED) is 0.869. The van der Waals surface area contributed by atoms with Crippen molar-refractivity contribution in [2.24, 2.45) is 0 Å². The van der Waals surface area contributed by atoms with E-state index in [9.17, 15) is 0 Å². The minimum Gasteiger partial charge on any atom is -0.312 e. The third-order valence-corrected chi connectivity index (χ3v) is 4.78. The van der Waals surface area contributed by atoms with Gasteiger partial charge in [-0.05, 0) is 44.8 Å². The fraction of sp³-hybridized carbons (Fsp3) is 0.643. The second-order valence-corrected chi connectivity index (χ2v) is 6.21. The molecular formula is C14H19Cl2N3. The summed E-state index contributed by atoms with van der Waals surface area (Å²) in [6.07, 6.45) is 5.17. The van der Waals surface area contributed by atoms with Crippen molar-refractivity contribution in [1.82, 2.24) is 15.2 Å². The molecule has 0 radical (unpaired) electrons. The highest BCUT2D eigenvalue weighted by atomic mass is 35.5. The van der Waals surface area contributed by atoms with Crippen LogP contribution < -0.4 is 5.32 Å². The molecule has 1 N–H and O–H groups in total. The number of hydrogen-bond donors (Lipinski definition) is 1. The van der Waals surface area contributed by atoms with Crippen molar-refractivity contribution in [2.45, 2.75) is 44.3 Å². The molecule has 19 heavy (non-hydrogen) atoms. The summed E-state index contributed by atoms with van der Waals surface area (Å²) >= 11 is 12.0. The summed E-state index contributed by atoms with van der Waals surface area (Å²) < 4.78 is 0. The van der Waals surface area contributed by atoms with Crippen LogP contribution in [0.4, 0.5) is 0 Å². The van der Waals surface area contributed by atoms with E-state index in [1.807, 2.05) is 12.1 Å². The fourth-order valence-electron chi connectivity index (χ4n) is 3.32. The Morgan fingerprint density at radius 3 is 2.89 bits per heavy atom. The van der Waals surface area contributed by atoms with E-state index in [4.69, 9.17) is 23.2 Å². The van der Waals surface area contributed by atoms with Crippen LogP contribution >= 0.6 is 23.2 Å². The molecule has 5 heteroatoms. The average molecular weight is 300 g/mol. The Kier molecular flexibility index (Phi) is 4.27. The van der Waals surface area contributed by atoms with Crippen LogP contribution in [0.15, 0.2) is 12.1 Å². The van der Waals surface area contributed by atoms with Crippen molar-refractivity contribution in [3.8, 4) is 0 Å². The summed E-state index contributed by atoms with van der Waals surface area (Å²) in [7, 11) is 0. The molecule has 0 amide bonds. The zero-order valence-electron chi connectivity index (χ0n) is 10.9. The Bertz CT molecular complexity index is 446. The predicted octanol–water partition coefficient (Wildman–Crippen LogP) is 3.10. The van der Waals surface area contributed by atoms with E-state index in [-0.39, 0.29) is 0 Å². The first kappa shape index (κ1) is 13.6. The molecule has 2 atom stereocenters. The van der Waals surface area contributed by atoms with Crippen LogP contribution in [0.1, 0.15) is 31.2 Å². The van der Waals surface area contributed by atoms with Gasteiger partial charge in [0.2, 0.25) is 0 Å². The lowest BCUT2D eigenvalue weighted by atomic mass is 10.0. The van der Waals surface area contributed by atoms with E-state index in [1.165, 1.54) is 25.7 Å². The summed E-state index contributed by atoms with van der Waals surface area (Å²) in [6.45, 7) is 3.20. The van der Waals surface area contributed by atoms with Crippen LogP contribution in [0.25, 0.3) is 0 Å². The number of hydrogen-bond acceptors (Lipinski definition) is 3. The van der Waals surface area contributed by atoms with Crippen molar-refractivity contribution in [3.63, 3.8) is 0 Å². The zero-order chi connectivity index (χ0) is 13.2. The van der Waals surface area contributed by atoms with Crippen LogP contribution in [0.3, 0.4) is 0 Å². The monoisotopic (exact) mass is 299 g/mol. The van der Waals surface area contributed by atoms with Crippen LogP contribution in [0.5, 0.6) is 0 Å². The van der Waals surface area contributed by atoms with Gasteiger partial charge in [0.1, 0.15) is 10.3 Å². The SMILES string of the molecule is Clc1ccc(CN2CCCC2C2CCCN2)c(Cl)n1. The molecule has 0 saturated carbocycles. The maximum Gasteiger partial charge on any atom is 0.135 e. The van der Waals surface area contributed by atoms with Gasteiger partial charge in [-0.25, -0.2) is 4.98 Å². The zero-order valence-corrected chi connectivity index (χ0v) is 12.4. The van der Waals surface area contributed by atoms with Gasteiger partial charge in [-0.2, -0.15) is 0 Å². The topological polar surface area (TPSA) is 28.2 Å². The van der Waals surface area contributed by atoms with Crippen molar-refractivity contribution in [1.29, 1.82) is 0 Å². The Morgan fingerprint density at radius 1 is 1.26 bits per heavy atom.